The number of benzene rings is 6. The molecule has 0 saturated carbocycles. The van der Waals surface area contributed by atoms with Crippen molar-refractivity contribution in [2.75, 3.05) is 50.3 Å². The molecule has 14 heteroatoms. The maximum absolute atomic E-state index is 14.7. The largest absolute Gasteiger partial charge is 0.510 e. The number of nitrogens with one attached hydrogen (secondary N) is 2. The molecule has 0 unspecified atom stereocenters. The molecule has 6 aromatic rings. The summed E-state index contributed by atoms with van der Waals surface area (Å²) in [4.78, 5) is 29.4. The fourth-order valence-electron chi connectivity index (χ4n) is 8.01. The smallest absolute Gasteiger partial charge is 0.373 e. The van der Waals surface area contributed by atoms with E-state index >= 15 is 0 Å². The summed E-state index contributed by atoms with van der Waals surface area (Å²) in [6.07, 6.45) is 0. The lowest BCUT2D eigenvalue weighted by Gasteiger charge is -2.31. The van der Waals surface area contributed by atoms with Gasteiger partial charge in [0.15, 0.2) is 0 Å². The number of hydrogen-bond acceptors (Lipinski definition) is 8. The number of hydrogen-bond donors (Lipinski definition) is 2. The zero-order valence-corrected chi connectivity index (χ0v) is 42.6. The first-order valence-corrected chi connectivity index (χ1v) is 29.3. The molecule has 346 valence electrons. The molecule has 0 aliphatic rings. The summed E-state index contributed by atoms with van der Waals surface area (Å²) in [6, 6.07) is 53.9. The van der Waals surface area contributed by atoms with E-state index in [1.54, 1.807) is 0 Å². The predicted octanol–water partition coefficient (Wildman–Crippen LogP) is 8.84. The van der Waals surface area contributed by atoms with E-state index in [9.17, 15) is 9.59 Å². The fourth-order valence-corrected chi connectivity index (χ4v) is 17.7. The molecule has 6 aromatic carbocycles. The normalized spacial score (nSPS) is 11.8. The summed E-state index contributed by atoms with van der Waals surface area (Å²) in [5, 5.41) is 13.2. The molecule has 0 spiro atoms. The lowest BCUT2D eigenvalue weighted by Crippen LogP contribution is -2.48. The third kappa shape index (κ3) is 12.8. The van der Waals surface area contributed by atoms with Crippen LogP contribution in [0.1, 0.15) is 41.5 Å². The number of amides is 2. The Kier molecular flexibility index (Phi) is 19.6. The molecule has 0 atom stereocenters. The maximum atomic E-state index is 14.7. The molecule has 0 aliphatic carbocycles. The topological polar surface area (TPSA) is 114 Å². The second-order valence-corrected chi connectivity index (χ2v) is 24.4. The second-order valence-electron chi connectivity index (χ2n) is 14.8. The van der Waals surface area contributed by atoms with Gasteiger partial charge in [0, 0.05) is 62.1 Å². The van der Waals surface area contributed by atoms with Crippen molar-refractivity contribution in [2.24, 2.45) is 0 Å². The number of rotatable bonds is 25. The molecule has 0 fully saturated rings. The van der Waals surface area contributed by atoms with Gasteiger partial charge in [-0.3, -0.25) is 9.59 Å². The molecular weight excluding hydrogens is 899 g/mol. The van der Waals surface area contributed by atoms with Gasteiger partial charge in [-0.2, -0.15) is 0 Å². The van der Waals surface area contributed by atoms with Gasteiger partial charge in [-0.05, 0) is 101 Å². The molecule has 66 heavy (non-hydrogen) atoms. The van der Waals surface area contributed by atoms with Gasteiger partial charge in [-0.1, -0.05) is 146 Å². The SMILES string of the molecule is CCO[Si](CC(=O)Nc1cccc(P(c2ccccc2)c2ccccc2)c1-c1c(NC(=O)C[Si](OCC)(OCC)OCC)cccc1P(c1ccccc1)c1ccccc1)(OCC)OCC. The molecule has 0 aliphatic heterocycles. The molecule has 0 bridgehead atoms. The number of carbonyl (C=O) groups excluding carboxylic acids is 2. The Balaban J connectivity index is 1.69. The van der Waals surface area contributed by atoms with Crippen LogP contribution in [0.4, 0.5) is 11.4 Å². The number of carbonyl (C=O) groups is 2. The highest BCUT2D eigenvalue weighted by atomic mass is 31.1. The van der Waals surface area contributed by atoms with Crippen LogP contribution in [-0.2, 0) is 36.1 Å². The van der Waals surface area contributed by atoms with Crippen molar-refractivity contribution < 1.29 is 36.1 Å². The van der Waals surface area contributed by atoms with Crippen LogP contribution < -0.4 is 42.5 Å². The molecule has 0 heterocycles. The van der Waals surface area contributed by atoms with Gasteiger partial charge in [0.05, 0.1) is 12.1 Å². The van der Waals surface area contributed by atoms with Gasteiger partial charge in [0.1, 0.15) is 0 Å². The quantitative estimate of drug-likeness (QED) is 0.0433. The van der Waals surface area contributed by atoms with Gasteiger partial charge in [0.2, 0.25) is 11.8 Å². The third-order valence-corrected chi connectivity index (χ3v) is 21.2. The Morgan fingerprint density at radius 3 is 0.879 bits per heavy atom. The highest BCUT2D eigenvalue weighted by Crippen LogP contribution is 2.46. The van der Waals surface area contributed by atoms with Crippen LogP contribution in [0.5, 0.6) is 0 Å². The zero-order chi connectivity index (χ0) is 46.8. The van der Waals surface area contributed by atoms with E-state index in [4.69, 9.17) is 26.6 Å². The van der Waals surface area contributed by atoms with Crippen molar-refractivity contribution in [3.05, 3.63) is 158 Å². The molecule has 2 amide bonds. The maximum Gasteiger partial charge on any atom is 0.510 e. The predicted molar refractivity (Wildman–Crippen MR) is 277 cm³/mol. The second kappa shape index (κ2) is 25.4. The lowest BCUT2D eigenvalue weighted by atomic mass is 10.0. The van der Waals surface area contributed by atoms with Crippen molar-refractivity contribution in [2.45, 2.75) is 53.6 Å². The molecule has 2 N–H and O–H groups in total. The van der Waals surface area contributed by atoms with Crippen LogP contribution in [0.25, 0.3) is 11.1 Å². The van der Waals surface area contributed by atoms with E-state index in [1.807, 2.05) is 90.1 Å². The Hall–Kier alpha value is -4.69. The summed E-state index contributed by atoms with van der Waals surface area (Å²) in [5.41, 5.74) is 2.72. The van der Waals surface area contributed by atoms with Crippen molar-refractivity contribution in [3.8, 4) is 11.1 Å². The van der Waals surface area contributed by atoms with Gasteiger partial charge < -0.3 is 37.2 Å². The Labute approximate surface area is 395 Å². The van der Waals surface area contributed by atoms with Gasteiger partial charge >= 0.3 is 17.6 Å². The first kappa shape index (κ1) is 50.7. The fraction of sp³-hybridized carbons (Fsp3) is 0.269. The van der Waals surface area contributed by atoms with E-state index in [0.717, 1.165) is 43.0 Å². The van der Waals surface area contributed by atoms with Gasteiger partial charge in [-0.15, -0.1) is 0 Å². The van der Waals surface area contributed by atoms with E-state index in [1.165, 1.54) is 0 Å². The first-order valence-electron chi connectivity index (χ1n) is 22.7. The minimum atomic E-state index is -3.44. The van der Waals surface area contributed by atoms with Gasteiger partial charge in [-0.25, -0.2) is 0 Å². The first-order chi connectivity index (χ1) is 32.2. The number of anilines is 2. The van der Waals surface area contributed by atoms with Crippen LogP contribution in [0.2, 0.25) is 12.1 Å². The standard InChI is InChI=1S/C52H62N2O8P2Si2/c1-7-57-65(58-8-2,59-9-3)39-49(55)53-45-35-25-37-47(63(41-27-17-13-18-28-41)42-29-19-14-20-30-42)51(45)52-46(54-50(56)40-66(60-10-4,61-11-5)62-12-6)36-26-38-48(52)64(43-31-21-15-22-32-43)44-33-23-16-24-34-44/h13-38H,7-12,39-40H2,1-6H3,(H,53,55)(H,54,56). The average molecular weight is 961 g/mol. The van der Waals surface area contributed by atoms with Crippen molar-refractivity contribution >= 4 is 88.5 Å². The van der Waals surface area contributed by atoms with Crippen LogP contribution >= 0.6 is 15.8 Å². The van der Waals surface area contributed by atoms with Crippen molar-refractivity contribution in [1.82, 2.24) is 0 Å². The minimum absolute atomic E-state index is 0.0940. The van der Waals surface area contributed by atoms with Crippen molar-refractivity contribution in [3.63, 3.8) is 0 Å². The van der Waals surface area contributed by atoms with E-state index < -0.39 is 33.5 Å². The van der Waals surface area contributed by atoms with Crippen LogP contribution in [0, 0.1) is 0 Å². The van der Waals surface area contributed by atoms with Crippen molar-refractivity contribution in [1.29, 1.82) is 0 Å². The summed E-state index contributed by atoms with van der Waals surface area (Å²) in [5.74, 6) is -0.618. The van der Waals surface area contributed by atoms with Crippen LogP contribution in [0.15, 0.2) is 158 Å². The Morgan fingerprint density at radius 2 is 0.636 bits per heavy atom. The molecule has 6 rings (SSSR count). The molecule has 0 saturated heterocycles. The average Bonchev–Trinajstić information content (AvgIpc) is 3.31. The van der Waals surface area contributed by atoms with E-state index in [0.29, 0.717) is 51.0 Å². The van der Waals surface area contributed by atoms with Gasteiger partial charge in [0.25, 0.3) is 0 Å². The van der Waals surface area contributed by atoms with E-state index in [2.05, 4.69) is 120 Å². The highest BCUT2D eigenvalue weighted by Gasteiger charge is 2.45. The summed E-state index contributed by atoms with van der Waals surface area (Å²) in [7, 11) is -9.40. The molecule has 10 nitrogen and oxygen atoms in total. The molecule has 0 radical (unpaired) electrons. The Morgan fingerprint density at radius 1 is 0.379 bits per heavy atom. The van der Waals surface area contributed by atoms with Crippen LogP contribution in [-0.4, -0.2) is 69.1 Å². The molecular formula is C52H62N2O8P2Si2. The molecule has 0 aromatic heterocycles. The monoisotopic (exact) mass is 960 g/mol. The Bertz CT molecular complexity index is 2150. The summed E-state index contributed by atoms with van der Waals surface area (Å²) < 4.78 is 37.1. The summed E-state index contributed by atoms with van der Waals surface area (Å²) in [6.45, 7) is 13.3. The highest BCUT2D eigenvalue weighted by molar-refractivity contribution is 7.80. The minimum Gasteiger partial charge on any atom is -0.373 e. The lowest BCUT2D eigenvalue weighted by molar-refractivity contribution is -0.116. The zero-order valence-electron chi connectivity index (χ0n) is 38.8. The summed E-state index contributed by atoms with van der Waals surface area (Å²) >= 11 is 0. The van der Waals surface area contributed by atoms with Crippen LogP contribution in [0.3, 0.4) is 0 Å². The van der Waals surface area contributed by atoms with E-state index in [-0.39, 0.29) is 23.9 Å². The third-order valence-electron chi connectivity index (χ3n) is 10.4.